The Morgan fingerprint density at radius 3 is 2.50 bits per heavy atom. The molecule has 0 aliphatic carbocycles. The first-order chi connectivity index (χ1) is 7.40. The first kappa shape index (κ1) is 12.9. The van der Waals surface area contributed by atoms with Gasteiger partial charge in [0.2, 0.25) is 0 Å². The molecule has 0 heterocycles. The molecule has 1 aromatic carbocycles. The van der Waals surface area contributed by atoms with Crippen LogP contribution in [0.5, 0.6) is 0 Å². The summed E-state index contributed by atoms with van der Waals surface area (Å²) in [5.74, 6) is -1.33. The standard InChI is InChI=1S/C11H11BrO4/c1-6(13)2-7-3-8(5-9(12)4-7)10(14)11(15)16/h3-5,10,14H,2H2,1H3,(H,15,16). The third-order valence-electron chi connectivity index (χ3n) is 1.98. The lowest BCUT2D eigenvalue weighted by atomic mass is 10.0. The molecule has 0 aromatic heterocycles. The van der Waals surface area contributed by atoms with Gasteiger partial charge in [-0.05, 0) is 30.2 Å². The fourth-order valence-electron chi connectivity index (χ4n) is 1.37. The van der Waals surface area contributed by atoms with Crippen LogP contribution in [-0.4, -0.2) is 22.0 Å². The van der Waals surface area contributed by atoms with E-state index >= 15 is 0 Å². The summed E-state index contributed by atoms with van der Waals surface area (Å²) >= 11 is 3.21. The molecule has 0 amide bonds. The number of carbonyl (C=O) groups is 2. The number of aliphatic hydroxyl groups excluding tert-OH is 1. The first-order valence-corrected chi connectivity index (χ1v) is 5.39. The lowest BCUT2D eigenvalue weighted by molar-refractivity contribution is -0.146. The van der Waals surface area contributed by atoms with E-state index in [1.54, 1.807) is 6.07 Å². The summed E-state index contributed by atoms with van der Waals surface area (Å²) in [7, 11) is 0. The highest BCUT2D eigenvalue weighted by Crippen LogP contribution is 2.21. The van der Waals surface area contributed by atoms with Crippen LogP contribution in [0, 0.1) is 0 Å². The van der Waals surface area contributed by atoms with E-state index < -0.39 is 12.1 Å². The van der Waals surface area contributed by atoms with Gasteiger partial charge in [-0.25, -0.2) is 4.79 Å². The maximum atomic E-state index is 10.9. The monoisotopic (exact) mass is 286 g/mol. The van der Waals surface area contributed by atoms with Gasteiger partial charge in [0.1, 0.15) is 5.78 Å². The van der Waals surface area contributed by atoms with E-state index in [1.807, 2.05) is 0 Å². The largest absolute Gasteiger partial charge is 0.479 e. The van der Waals surface area contributed by atoms with E-state index in [9.17, 15) is 14.7 Å². The molecule has 5 heteroatoms. The van der Waals surface area contributed by atoms with E-state index in [0.717, 1.165) is 0 Å². The molecule has 0 fully saturated rings. The number of Topliss-reactive ketones (excluding diaryl/α,β-unsaturated/α-hetero) is 1. The number of rotatable bonds is 4. The summed E-state index contributed by atoms with van der Waals surface area (Å²) in [6.45, 7) is 1.45. The van der Waals surface area contributed by atoms with Crippen molar-refractivity contribution < 1.29 is 19.8 Å². The van der Waals surface area contributed by atoms with Gasteiger partial charge in [-0.2, -0.15) is 0 Å². The molecule has 1 aromatic rings. The van der Waals surface area contributed by atoms with Crippen LogP contribution in [0.4, 0.5) is 0 Å². The highest BCUT2D eigenvalue weighted by molar-refractivity contribution is 9.10. The number of aliphatic hydroxyl groups is 1. The Morgan fingerprint density at radius 1 is 1.38 bits per heavy atom. The number of hydrogen-bond acceptors (Lipinski definition) is 3. The van der Waals surface area contributed by atoms with Crippen LogP contribution in [0.15, 0.2) is 22.7 Å². The second-order valence-corrected chi connectivity index (χ2v) is 4.43. The third kappa shape index (κ3) is 3.43. The van der Waals surface area contributed by atoms with Gasteiger partial charge in [0.05, 0.1) is 0 Å². The molecule has 1 atom stereocenters. The van der Waals surface area contributed by atoms with Crippen LogP contribution in [0.3, 0.4) is 0 Å². The Hall–Kier alpha value is -1.20. The Kier molecular flexibility index (Phi) is 4.20. The Bertz CT molecular complexity index is 428. The number of halogens is 1. The molecule has 1 rings (SSSR count). The van der Waals surface area contributed by atoms with Crippen molar-refractivity contribution in [2.24, 2.45) is 0 Å². The molecule has 0 aliphatic heterocycles. The second kappa shape index (κ2) is 5.23. The van der Waals surface area contributed by atoms with Crippen molar-refractivity contribution in [1.82, 2.24) is 0 Å². The van der Waals surface area contributed by atoms with Gasteiger partial charge in [0, 0.05) is 10.9 Å². The molecule has 0 bridgehead atoms. The van der Waals surface area contributed by atoms with Crippen LogP contribution in [-0.2, 0) is 16.0 Å². The van der Waals surface area contributed by atoms with E-state index in [0.29, 0.717) is 10.0 Å². The van der Waals surface area contributed by atoms with E-state index in [4.69, 9.17) is 5.11 Å². The molecule has 1 unspecified atom stereocenters. The molecule has 0 aliphatic rings. The summed E-state index contributed by atoms with van der Waals surface area (Å²) < 4.78 is 0.640. The topological polar surface area (TPSA) is 74.6 Å². The normalized spacial score (nSPS) is 12.2. The number of ketones is 1. The first-order valence-electron chi connectivity index (χ1n) is 4.60. The highest BCUT2D eigenvalue weighted by atomic mass is 79.9. The second-order valence-electron chi connectivity index (χ2n) is 3.51. The molecule has 0 saturated carbocycles. The maximum Gasteiger partial charge on any atom is 0.337 e. The van der Waals surface area contributed by atoms with Gasteiger partial charge >= 0.3 is 5.97 Å². The van der Waals surface area contributed by atoms with Crippen LogP contribution < -0.4 is 0 Å². The minimum atomic E-state index is -1.57. The number of hydrogen-bond donors (Lipinski definition) is 2. The summed E-state index contributed by atoms with van der Waals surface area (Å²) in [5, 5.41) is 18.0. The molecule has 0 saturated heterocycles. The lowest BCUT2D eigenvalue weighted by Gasteiger charge is -2.08. The summed E-state index contributed by atoms with van der Waals surface area (Å²) in [4.78, 5) is 21.6. The van der Waals surface area contributed by atoms with E-state index in [-0.39, 0.29) is 17.8 Å². The Morgan fingerprint density at radius 2 is 2.00 bits per heavy atom. The van der Waals surface area contributed by atoms with Gasteiger partial charge in [-0.15, -0.1) is 0 Å². The Balaban J connectivity index is 3.07. The molecular formula is C11H11BrO4. The predicted octanol–water partition coefficient (Wildman–Crippen LogP) is 1.70. The molecule has 2 N–H and O–H groups in total. The highest BCUT2D eigenvalue weighted by Gasteiger charge is 2.17. The third-order valence-corrected chi connectivity index (χ3v) is 2.44. The minimum absolute atomic E-state index is 0.0196. The number of aliphatic carboxylic acids is 1. The summed E-state index contributed by atoms with van der Waals surface area (Å²) in [6.07, 6.45) is -1.35. The van der Waals surface area contributed by atoms with Crippen LogP contribution in [0.25, 0.3) is 0 Å². The van der Waals surface area contributed by atoms with Crippen molar-refractivity contribution in [2.75, 3.05) is 0 Å². The number of carboxylic acids is 1. The number of carbonyl (C=O) groups excluding carboxylic acids is 1. The average Bonchev–Trinajstić information content (AvgIpc) is 2.14. The van der Waals surface area contributed by atoms with Gasteiger partial charge < -0.3 is 10.2 Å². The van der Waals surface area contributed by atoms with E-state index in [1.165, 1.54) is 19.1 Å². The smallest absolute Gasteiger partial charge is 0.337 e. The van der Waals surface area contributed by atoms with Gasteiger partial charge in [0.25, 0.3) is 0 Å². The molecule has 86 valence electrons. The van der Waals surface area contributed by atoms with Crippen LogP contribution in [0.2, 0.25) is 0 Å². The van der Waals surface area contributed by atoms with Crippen molar-refractivity contribution in [3.63, 3.8) is 0 Å². The van der Waals surface area contributed by atoms with Crippen molar-refractivity contribution in [3.8, 4) is 0 Å². The van der Waals surface area contributed by atoms with Crippen LogP contribution >= 0.6 is 15.9 Å². The summed E-state index contributed by atoms with van der Waals surface area (Å²) in [6, 6.07) is 4.76. The average molecular weight is 287 g/mol. The number of benzene rings is 1. The maximum absolute atomic E-state index is 10.9. The minimum Gasteiger partial charge on any atom is -0.479 e. The van der Waals surface area contributed by atoms with Gasteiger partial charge in [0.15, 0.2) is 6.10 Å². The lowest BCUT2D eigenvalue weighted by Crippen LogP contribution is -2.11. The number of carboxylic acid groups (broad SMARTS) is 1. The van der Waals surface area contributed by atoms with Crippen LogP contribution in [0.1, 0.15) is 24.2 Å². The van der Waals surface area contributed by atoms with Crippen molar-refractivity contribution in [2.45, 2.75) is 19.4 Å². The SMILES string of the molecule is CC(=O)Cc1cc(Br)cc(C(O)C(=O)O)c1. The fourth-order valence-corrected chi connectivity index (χ4v) is 1.92. The van der Waals surface area contributed by atoms with Crippen molar-refractivity contribution >= 4 is 27.7 Å². The fraction of sp³-hybridized carbons (Fsp3) is 0.273. The zero-order valence-electron chi connectivity index (χ0n) is 8.61. The van der Waals surface area contributed by atoms with Crippen molar-refractivity contribution in [1.29, 1.82) is 0 Å². The molecule has 4 nitrogen and oxygen atoms in total. The summed E-state index contributed by atoms with van der Waals surface area (Å²) in [5.41, 5.74) is 0.940. The van der Waals surface area contributed by atoms with Gasteiger partial charge in [-0.3, -0.25) is 4.79 Å². The zero-order chi connectivity index (χ0) is 12.3. The van der Waals surface area contributed by atoms with Crippen molar-refractivity contribution in [3.05, 3.63) is 33.8 Å². The van der Waals surface area contributed by atoms with Gasteiger partial charge in [-0.1, -0.05) is 22.0 Å². The molecular weight excluding hydrogens is 276 g/mol. The molecule has 0 spiro atoms. The molecule has 0 radical (unpaired) electrons. The predicted molar refractivity (Wildman–Crippen MR) is 61.1 cm³/mol. The van der Waals surface area contributed by atoms with E-state index in [2.05, 4.69) is 15.9 Å². The quantitative estimate of drug-likeness (QED) is 0.883. The Labute approximate surface area is 101 Å². The zero-order valence-corrected chi connectivity index (χ0v) is 10.2. The molecule has 16 heavy (non-hydrogen) atoms.